The van der Waals surface area contributed by atoms with E-state index in [2.05, 4.69) is 5.32 Å². The van der Waals surface area contributed by atoms with E-state index < -0.39 is 10.0 Å². The summed E-state index contributed by atoms with van der Waals surface area (Å²) >= 11 is 0. The van der Waals surface area contributed by atoms with E-state index in [0.29, 0.717) is 29.3 Å². The van der Waals surface area contributed by atoms with Crippen LogP contribution in [0.4, 0.5) is 11.4 Å². The lowest BCUT2D eigenvalue weighted by Gasteiger charge is -2.29. The fraction of sp³-hybridized carbons (Fsp3) is 0.188. The van der Waals surface area contributed by atoms with E-state index in [0.717, 1.165) is 6.26 Å². The van der Waals surface area contributed by atoms with Crippen molar-refractivity contribution in [2.75, 3.05) is 29.0 Å². The van der Waals surface area contributed by atoms with Crippen molar-refractivity contribution in [3.05, 3.63) is 54.1 Å². The van der Waals surface area contributed by atoms with Crippen molar-refractivity contribution < 1.29 is 17.9 Å². The number of nitrogens with zero attached hydrogens (tertiary/aromatic N) is 1. The van der Waals surface area contributed by atoms with Crippen LogP contribution < -0.4 is 14.4 Å². The maximum atomic E-state index is 12.2. The van der Waals surface area contributed by atoms with E-state index in [9.17, 15) is 13.2 Å². The van der Waals surface area contributed by atoms with Crippen molar-refractivity contribution in [1.29, 1.82) is 0 Å². The number of anilines is 2. The van der Waals surface area contributed by atoms with E-state index in [1.54, 1.807) is 42.5 Å². The monoisotopic (exact) mass is 332 g/mol. The topological polar surface area (TPSA) is 75.7 Å². The van der Waals surface area contributed by atoms with Crippen LogP contribution in [0.25, 0.3) is 0 Å². The quantitative estimate of drug-likeness (QED) is 0.934. The Labute approximate surface area is 134 Å². The molecule has 23 heavy (non-hydrogen) atoms. The van der Waals surface area contributed by atoms with Crippen molar-refractivity contribution in [2.24, 2.45) is 0 Å². The molecule has 7 heteroatoms. The zero-order valence-electron chi connectivity index (χ0n) is 12.5. The summed E-state index contributed by atoms with van der Waals surface area (Å²) < 4.78 is 30.5. The van der Waals surface area contributed by atoms with Crippen LogP contribution in [0.3, 0.4) is 0 Å². The Hall–Kier alpha value is -2.54. The molecule has 0 aliphatic carbocycles. The normalized spacial score (nSPS) is 13.9. The number of fused-ring (bicyclic) bond motifs is 1. The van der Waals surface area contributed by atoms with E-state index in [4.69, 9.17) is 4.74 Å². The summed E-state index contributed by atoms with van der Waals surface area (Å²) in [6.07, 6.45) is 1.15. The molecule has 1 N–H and O–H groups in total. The Morgan fingerprint density at radius 2 is 1.91 bits per heavy atom. The maximum Gasteiger partial charge on any atom is 0.255 e. The fourth-order valence-electron chi connectivity index (χ4n) is 2.41. The van der Waals surface area contributed by atoms with Gasteiger partial charge in [0.05, 0.1) is 18.5 Å². The summed E-state index contributed by atoms with van der Waals surface area (Å²) in [6, 6.07) is 13.8. The first-order valence-electron chi connectivity index (χ1n) is 7.06. The molecule has 1 heterocycles. The Kier molecular flexibility index (Phi) is 3.96. The molecule has 0 saturated heterocycles. The molecule has 2 aromatic rings. The second kappa shape index (κ2) is 5.92. The molecule has 1 aliphatic heterocycles. The standard InChI is InChI=1S/C16H16N2O4S/c1-23(20,21)18-9-10-22-15-8-7-13(11-14(15)18)17-16(19)12-5-3-2-4-6-12/h2-8,11H,9-10H2,1H3,(H,17,19). The Morgan fingerprint density at radius 3 is 2.61 bits per heavy atom. The van der Waals surface area contributed by atoms with Gasteiger partial charge >= 0.3 is 0 Å². The molecule has 0 saturated carbocycles. The van der Waals surface area contributed by atoms with Crippen molar-refractivity contribution in [2.45, 2.75) is 0 Å². The Bertz CT molecular complexity index is 834. The summed E-state index contributed by atoms with van der Waals surface area (Å²) in [6.45, 7) is 0.553. The number of rotatable bonds is 3. The average molecular weight is 332 g/mol. The van der Waals surface area contributed by atoms with Gasteiger partial charge in [-0.1, -0.05) is 18.2 Å². The Balaban J connectivity index is 1.90. The number of hydrogen-bond donors (Lipinski definition) is 1. The van der Waals surface area contributed by atoms with Crippen LogP contribution in [0.15, 0.2) is 48.5 Å². The smallest absolute Gasteiger partial charge is 0.255 e. The van der Waals surface area contributed by atoms with Gasteiger partial charge in [-0.2, -0.15) is 0 Å². The lowest BCUT2D eigenvalue weighted by atomic mass is 10.2. The summed E-state index contributed by atoms with van der Waals surface area (Å²) in [5, 5.41) is 2.76. The van der Waals surface area contributed by atoms with E-state index in [1.807, 2.05) is 6.07 Å². The molecule has 1 amide bonds. The van der Waals surface area contributed by atoms with Crippen molar-refractivity contribution in [1.82, 2.24) is 0 Å². The number of benzene rings is 2. The van der Waals surface area contributed by atoms with Gasteiger partial charge in [-0.3, -0.25) is 9.10 Å². The van der Waals surface area contributed by atoms with Gasteiger partial charge in [-0.15, -0.1) is 0 Å². The van der Waals surface area contributed by atoms with E-state index in [-0.39, 0.29) is 12.5 Å². The zero-order valence-corrected chi connectivity index (χ0v) is 13.3. The molecule has 120 valence electrons. The molecule has 3 rings (SSSR count). The van der Waals surface area contributed by atoms with Gasteiger partial charge in [0.25, 0.3) is 5.91 Å². The highest BCUT2D eigenvalue weighted by molar-refractivity contribution is 7.92. The Morgan fingerprint density at radius 1 is 1.17 bits per heavy atom. The van der Waals surface area contributed by atoms with Gasteiger partial charge in [-0.25, -0.2) is 8.42 Å². The summed E-state index contributed by atoms with van der Waals surface area (Å²) in [4.78, 5) is 12.2. The third-order valence-electron chi connectivity index (χ3n) is 3.47. The van der Waals surface area contributed by atoms with Gasteiger partial charge < -0.3 is 10.1 Å². The first-order valence-corrected chi connectivity index (χ1v) is 8.91. The molecule has 0 atom stereocenters. The van der Waals surface area contributed by atoms with Crippen LogP contribution in [0.2, 0.25) is 0 Å². The average Bonchev–Trinajstić information content (AvgIpc) is 2.54. The molecule has 1 aliphatic rings. The van der Waals surface area contributed by atoms with Crippen LogP contribution >= 0.6 is 0 Å². The van der Waals surface area contributed by atoms with Gasteiger partial charge in [0.2, 0.25) is 10.0 Å². The lowest BCUT2D eigenvalue weighted by Crippen LogP contribution is -2.37. The molecular formula is C16H16N2O4S. The number of hydrogen-bond acceptors (Lipinski definition) is 4. The summed E-state index contributed by atoms with van der Waals surface area (Å²) in [5.41, 5.74) is 1.47. The number of ether oxygens (including phenoxy) is 1. The molecular weight excluding hydrogens is 316 g/mol. The van der Waals surface area contributed by atoms with Gasteiger partial charge in [-0.05, 0) is 30.3 Å². The number of carbonyl (C=O) groups excluding carboxylic acids is 1. The largest absolute Gasteiger partial charge is 0.489 e. The first kappa shape index (κ1) is 15.4. The van der Waals surface area contributed by atoms with Crippen molar-refractivity contribution in [3.63, 3.8) is 0 Å². The molecule has 0 aromatic heterocycles. The molecule has 0 bridgehead atoms. The highest BCUT2D eigenvalue weighted by Crippen LogP contribution is 2.35. The highest BCUT2D eigenvalue weighted by atomic mass is 32.2. The second-order valence-electron chi connectivity index (χ2n) is 5.19. The minimum atomic E-state index is -3.40. The predicted molar refractivity (Wildman–Crippen MR) is 88.5 cm³/mol. The molecule has 0 spiro atoms. The third-order valence-corrected chi connectivity index (χ3v) is 4.65. The van der Waals surface area contributed by atoms with E-state index in [1.165, 1.54) is 4.31 Å². The van der Waals surface area contributed by atoms with Crippen molar-refractivity contribution in [3.8, 4) is 5.75 Å². The van der Waals surface area contributed by atoms with E-state index >= 15 is 0 Å². The lowest BCUT2D eigenvalue weighted by molar-refractivity contribution is 0.102. The summed E-state index contributed by atoms with van der Waals surface area (Å²) in [5.74, 6) is 0.229. The van der Waals surface area contributed by atoms with Crippen LogP contribution in [-0.4, -0.2) is 33.7 Å². The second-order valence-corrected chi connectivity index (χ2v) is 7.09. The molecule has 0 unspecified atom stereocenters. The molecule has 0 radical (unpaired) electrons. The minimum absolute atomic E-state index is 0.252. The van der Waals surface area contributed by atoms with Gasteiger partial charge in [0.1, 0.15) is 12.4 Å². The number of carbonyl (C=O) groups is 1. The summed E-state index contributed by atoms with van der Waals surface area (Å²) in [7, 11) is -3.40. The first-order chi connectivity index (χ1) is 10.9. The third kappa shape index (κ3) is 3.29. The molecule has 2 aromatic carbocycles. The SMILES string of the molecule is CS(=O)(=O)N1CCOc2ccc(NC(=O)c3ccccc3)cc21. The maximum absolute atomic E-state index is 12.2. The number of sulfonamides is 1. The highest BCUT2D eigenvalue weighted by Gasteiger charge is 2.25. The predicted octanol–water partition coefficient (Wildman–Crippen LogP) is 2.10. The van der Waals surface area contributed by atoms with Crippen LogP contribution in [0.1, 0.15) is 10.4 Å². The molecule has 0 fully saturated rings. The number of nitrogens with one attached hydrogen (secondary N) is 1. The number of amides is 1. The van der Waals surface area contributed by atoms with Crippen molar-refractivity contribution >= 4 is 27.3 Å². The van der Waals surface area contributed by atoms with Crippen LogP contribution in [-0.2, 0) is 10.0 Å². The minimum Gasteiger partial charge on any atom is -0.489 e. The van der Waals surface area contributed by atoms with Gasteiger partial charge in [0, 0.05) is 11.3 Å². The fourth-order valence-corrected chi connectivity index (χ4v) is 3.31. The van der Waals surface area contributed by atoms with Crippen LogP contribution in [0.5, 0.6) is 5.75 Å². The van der Waals surface area contributed by atoms with Gasteiger partial charge in [0.15, 0.2) is 0 Å². The zero-order chi connectivity index (χ0) is 16.4. The molecule has 6 nitrogen and oxygen atoms in total. The van der Waals surface area contributed by atoms with Crippen LogP contribution in [0, 0.1) is 0 Å².